The molecule has 96 valence electrons. The molecule has 0 radical (unpaired) electrons. The molecule has 0 aromatic carbocycles. The minimum absolute atomic E-state index is 0.776. The number of rotatable bonds is 4. The highest BCUT2D eigenvalue weighted by atomic mass is 16.7. The van der Waals surface area contributed by atoms with Gasteiger partial charge in [0, 0.05) is 0 Å². The summed E-state index contributed by atoms with van der Waals surface area (Å²) in [6.07, 6.45) is -8.47. The van der Waals surface area contributed by atoms with Crippen LogP contribution in [0.2, 0.25) is 0 Å². The number of ether oxygens (including phenoxy) is 1. The van der Waals surface area contributed by atoms with Crippen molar-refractivity contribution in [1.82, 2.24) is 0 Å². The topological polar surface area (TPSA) is 151 Å². The summed E-state index contributed by atoms with van der Waals surface area (Å²) in [4.78, 5) is 0. The molecule has 0 aromatic rings. The molecule has 0 aromatic heterocycles. The molecular weight excluding hydrogens is 224 g/mol. The summed E-state index contributed by atoms with van der Waals surface area (Å²) in [6, 6.07) is 0. The van der Waals surface area contributed by atoms with Crippen molar-refractivity contribution in [2.24, 2.45) is 0 Å². The van der Waals surface area contributed by atoms with Gasteiger partial charge in [0.1, 0.15) is 24.4 Å². The molecule has 1 saturated heterocycles. The zero-order chi connectivity index (χ0) is 12.5. The molecule has 1 rings (SSSR count). The molecule has 8 heteroatoms. The highest BCUT2D eigenvalue weighted by molar-refractivity contribution is 5.02. The summed E-state index contributed by atoms with van der Waals surface area (Å²) in [6.45, 7) is -1.75. The molecule has 0 amide bonds. The third-order valence-corrected chi connectivity index (χ3v) is 2.71. The van der Waals surface area contributed by atoms with E-state index >= 15 is 0 Å². The van der Waals surface area contributed by atoms with Crippen LogP contribution in [0.15, 0.2) is 0 Å². The van der Waals surface area contributed by atoms with E-state index in [0.717, 1.165) is 0 Å². The summed E-state index contributed by atoms with van der Waals surface area (Å²) in [5, 5.41) is 64.3. The number of aliphatic hydroxyl groups excluding tert-OH is 6. The summed E-state index contributed by atoms with van der Waals surface area (Å²) < 4.78 is 4.64. The predicted molar refractivity (Wildman–Crippen MR) is 48.0 cm³/mol. The Morgan fingerprint density at radius 2 is 1.75 bits per heavy atom. The Hall–Kier alpha value is -0.320. The van der Waals surface area contributed by atoms with Crippen LogP contribution < -0.4 is 0 Å². The Morgan fingerprint density at radius 1 is 1.19 bits per heavy atom. The van der Waals surface area contributed by atoms with Crippen molar-refractivity contribution < 1.29 is 40.5 Å². The lowest BCUT2D eigenvalue weighted by molar-refractivity contribution is -0.197. The summed E-state index contributed by atoms with van der Waals surface area (Å²) in [5.41, 5.74) is -2.32. The average molecular weight is 240 g/mol. The van der Waals surface area contributed by atoms with Gasteiger partial charge in [-0.15, -0.1) is 0 Å². The van der Waals surface area contributed by atoms with E-state index in [1.807, 2.05) is 0 Å². The van der Waals surface area contributed by atoms with Gasteiger partial charge in [-0.1, -0.05) is 0 Å². The van der Waals surface area contributed by atoms with Crippen LogP contribution in [0.5, 0.6) is 0 Å². The molecule has 0 spiro atoms. The highest BCUT2D eigenvalue weighted by Gasteiger charge is 2.57. The Balaban J connectivity index is 2.79. The lowest BCUT2D eigenvalue weighted by Gasteiger charge is -2.27. The van der Waals surface area contributed by atoms with E-state index in [0.29, 0.717) is 0 Å². The third-order valence-electron chi connectivity index (χ3n) is 2.71. The Bertz CT molecular complexity index is 236. The number of hydrogen-bond acceptors (Lipinski definition) is 8. The highest BCUT2D eigenvalue weighted by Crippen LogP contribution is 2.31. The van der Waals surface area contributed by atoms with Crippen molar-refractivity contribution in [1.29, 1.82) is 0 Å². The average Bonchev–Trinajstić information content (AvgIpc) is 2.52. The van der Waals surface area contributed by atoms with Crippen LogP contribution in [0, 0.1) is 0 Å². The minimum atomic E-state index is -2.32. The Morgan fingerprint density at radius 3 is 2.12 bits per heavy atom. The maximum atomic E-state index is 9.58. The standard InChI is InChI=1S/C8H16O8/c9-1-3(11)4(12)5-6(13)8(15,2-10)7(14)16-5/h3-7,9-15H,1-2H2/t3-,4-,5+,6+,7?,8+/m0/s1. The van der Waals surface area contributed by atoms with Gasteiger partial charge in [-0.25, -0.2) is 0 Å². The van der Waals surface area contributed by atoms with Crippen LogP contribution in [0.1, 0.15) is 0 Å². The largest absolute Gasteiger partial charge is 0.394 e. The SMILES string of the molecule is OC[C@H](O)[C@H](O)[C@H]1OC(O)[C@@](O)(CO)[C@@H]1O. The van der Waals surface area contributed by atoms with E-state index in [9.17, 15) is 20.4 Å². The summed E-state index contributed by atoms with van der Waals surface area (Å²) in [7, 11) is 0. The molecule has 6 atom stereocenters. The fourth-order valence-corrected chi connectivity index (χ4v) is 1.54. The maximum Gasteiger partial charge on any atom is 0.189 e. The molecule has 16 heavy (non-hydrogen) atoms. The van der Waals surface area contributed by atoms with Gasteiger partial charge in [0.25, 0.3) is 0 Å². The quantitative estimate of drug-likeness (QED) is 0.260. The Kier molecular flexibility index (Phi) is 4.21. The third kappa shape index (κ3) is 2.06. The first-order valence-corrected chi connectivity index (χ1v) is 4.70. The normalized spacial score (nSPS) is 43.3. The second kappa shape index (κ2) is 4.90. The van der Waals surface area contributed by atoms with Gasteiger partial charge in [0.05, 0.1) is 13.2 Å². The van der Waals surface area contributed by atoms with Gasteiger partial charge in [-0.05, 0) is 0 Å². The van der Waals surface area contributed by atoms with Gasteiger partial charge in [-0.2, -0.15) is 0 Å². The van der Waals surface area contributed by atoms with Crippen molar-refractivity contribution in [2.45, 2.75) is 36.3 Å². The molecule has 1 unspecified atom stereocenters. The fourth-order valence-electron chi connectivity index (χ4n) is 1.54. The molecule has 7 N–H and O–H groups in total. The lowest BCUT2D eigenvalue weighted by atomic mass is 9.92. The van der Waals surface area contributed by atoms with Crippen molar-refractivity contribution in [3.05, 3.63) is 0 Å². The fraction of sp³-hybridized carbons (Fsp3) is 1.00. The van der Waals surface area contributed by atoms with E-state index < -0.39 is 49.5 Å². The summed E-state index contributed by atoms with van der Waals surface area (Å²) in [5.74, 6) is 0. The van der Waals surface area contributed by atoms with E-state index in [4.69, 9.17) is 15.3 Å². The predicted octanol–water partition coefficient (Wildman–Crippen LogP) is -4.50. The summed E-state index contributed by atoms with van der Waals surface area (Å²) >= 11 is 0. The van der Waals surface area contributed by atoms with Crippen LogP contribution in [0.3, 0.4) is 0 Å². The van der Waals surface area contributed by atoms with Crippen molar-refractivity contribution in [3.63, 3.8) is 0 Å². The van der Waals surface area contributed by atoms with Crippen LogP contribution in [0.4, 0.5) is 0 Å². The molecule has 1 fully saturated rings. The van der Waals surface area contributed by atoms with E-state index in [2.05, 4.69) is 4.74 Å². The van der Waals surface area contributed by atoms with Gasteiger partial charge in [-0.3, -0.25) is 0 Å². The van der Waals surface area contributed by atoms with Gasteiger partial charge in [0.15, 0.2) is 11.9 Å². The monoisotopic (exact) mass is 240 g/mol. The second-order valence-electron chi connectivity index (χ2n) is 3.79. The molecule has 1 heterocycles. The minimum Gasteiger partial charge on any atom is -0.394 e. The van der Waals surface area contributed by atoms with Crippen LogP contribution in [0.25, 0.3) is 0 Å². The molecular formula is C8H16O8. The molecule has 0 aliphatic carbocycles. The molecule has 1 aliphatic heterocycles. The number of hydrogen-bond donors (Lipinski definition) is 7. The van der Waals surface area contributed by atoms with Crippen molar-refractivity contribution >= 4 is 0 Å². The zero-order valence-corrected chi connectivity index (χ0v) is 8.34. The molecule has 1 aliphatic rings. The van der Waals surface area contributed by atoms with Crippen molar-refractivity contribution in [2.75, 3.05) is 13.2 Å². The first kappa shape index (κ1) is 13.7. The first-order valence-electron chi connectivity index (χ1n) is 4.70. The second-order valence-corrected chi connectivity index (χ2v) is 3.79. The van der Waals surface area contributed by atoms with Crippen molar-refractivity contribution in [3.8, 4) is 0 Å². The Labute approximate surface area is 91.0 Å². The first-order chi connectivity index (χ1) is 7.38. The van der Waals surface area contributed by atoms with Crippen LogP contribution in [-0.4, -0.2) is 85.3 Å². The van der Waals surface area contributed by atoms with E-state index in [1.165, 1.54) is 0 Å². The molecule has 0 saturated carbocycles. The number of aliphatic hydroxyl groups is 7. The lowest BCUT2D eigenvalue weighted by Crippen LogP contribution is -2.54. The molecule has 8 nitrogen and oxygen atoms in total. The van der Waals surface area contributed by atoms with Crippen LogP contribution >= 0.6 is 0 Å². The van der Waals surface area contributed by atoms with Gasteiger partial charge >= 0.3 is 0 Å². The van der Waals surface area contributed by atoms with Gasteiger partial charge in [0.2, 0.25) is 0 Å². The van der Waals surface area contributed by atoms with E-state index in [-0.39, 0.29) is 0 Å². The smallest absolute Gasteiger partial charge is 0.189 e. The zero-order valence-electron chi connectivity index (χ0n) is 8.34. The maximum absolute atomic E-state index is 9.58. The van der Waals surface area contributed by atoms with Gasteiger partial charge < -0.3 is 40.5 Å². The van der Waals surface area contributed by atoms with Crippen LogP contribution in [-0.2, 0) is 4.74 Å². The van der Waals surface area contributed by atoms with E-state index in [1.54, 1.807) is 0 Å². The molecule has 0 bridgehead atoms.